The molecule has 0 unspecified atom stereocenters. The van der Waals surface area contributed by atoms with Crippen molar-refractivity contribution in [3.63, 3.8) is 0 Å². The predicted octanol–water partition coefficient (Wildman–Crippen LogP) is 2.89. The Morgan fingerprint density at radius 2 is 2.31 bits per heavy atom. The van der Waals surface area contributed by atoms with Gasteiger partial charge in [0.2, 0.25) is 0 Å². The molecule has 3 N–H and O–H groups in total. The summed E-state index contributed by atoms with van der Waals surface area (Å²) >= 11 is 7.27. The predicted molar refractivity (Wildman–Crippen MR) is 69.3 cm³/mol. The van der Waals surface area contributed by atoms with Crippen molar-refractivity contribution in [2.75, 3.05) is 12.3 Å². The van der Waals surface area contributed by atoms with E-state index in [-0.39, 0.29) is 5.91 Å². The van der Waals surface area contributed by atoms with Gasteiger partial charge in [-0.25, -0.2) is 0 Å². The third-order valence-corrected chi connectivity index (χ3v) is 3.65. The molecule has 1 aromatic heterocycles. The van der Waals surface area contributed by atoms with Crippen LogP contribution in [0.5, 0.6) is 0 Å². The summed E-state index contributed by atoms with van der Waals surface area (Å²) < 4.78 is 0.975. The number of carbonyl (C=O) groups excluding carboxylic acids is 1. The van der Waals surface area contributed by atoms with Crippen LogP contribution in [0.4, 0.5) is 5.69 Å². The van der Waals surface area contributed by atoms with E-state index in [0.29, 0.717) is 22.1 Å². The van der Waals surface area contributed by atoms with Crippen LogP contribution in [-0.2, 0) is 0 Å². The number of rotatable bonds is 2. The molecule has 0 atom stereocenters. The van der Waals surface area contributed by atoms with Gasteiger partial charge in [0.05, 0.1) is 5.69 Å². The van der Waals surface area contributed by atoms with E-state index in [4.69, 9.17) is 17.3 Å². The SMILES string of the molecule is CCNC(=O)c1sc2ccc(Cl)cc2c1N. The zero-order valence-electron chi connectivity index (χ0n) is 8.71. The maximum absolute atomic E-state index is 11.7. The highest BCUT2D eigenvalue weighted by molar-refractivity contribution is 7.21. The lowest BCUT2D eigenvalue weighted by molar-refractivity contribution is 0.0960. The lowest BCUT2D eigenvalue weighted by Gasteiger charge is -1.99. The molecule has 1 aromatic carbocycles. The summed E-state index contributed by atoms with van der Waals surface area (Å²) in [5, 5.41) is 4.21. The summed E-state index contributed by atoms with van der Waals surface area (Å²) in [4.78, 5) is 12.3. The third kappa shape index (κ3) is 1.86. The molecule has 0 aliphatic carbocycles. The van der Waals surface area contributed by atoms with Gasteiger partial charge in [0.1, 0.15) is 4.88 Å². The first kappa shape index (κ1) is 11.2. The number of hydrogen-bond donors (Lipinski definition) is 2. The van der Waals surface area contributed by atoms with E-state index in [1.54, 1.807) is 12.1 Å². The topological polar surface area (TPSA) is 55.1 Å². The standard InChI is InChI=1S/C11H11ClN2OS/c1-2-14-11(15)10-9(13)7-5-6(12)3-4-8(7)16-10/h3-5H,2,13H2,1H3,(H,14,15). The molecule has 0 saturated carbocycles. The number of fused-ring (bicyclic) bond motifs is 1. The Balaban J connectivity index is 2.56. The summed E-state index contributed by atoms with van der Waals surface area (Å²) in [5.74, 6) is -0.127. The monoisotopic (exact) mass is 254 g/mol. The van der Waals surface area contributed by atoms with Crippen LogP contribution in [-0.4, -0.2) is 12.5 Å². The number of anilines is 1. The van der Waals surface area contributed by atoms with Crippen molar-refractivity contribution >= 4 is 44.6 Å². The Bertz CT molecular complexity index is 550. The molecule has 84 valence electrons. The number of halogens is 1. The molecular formula is C11H11ClN2OS. The minimum absolute atomic E-state index is 0.127. The van der Waals surface area contributed by atoms with Crippen LogP contribution in [0.25, 0.3) is 10.1 Å². The molecule has 0 radical (unpaired) electrons. The maximum Gasteiger partial charge on any atom is 0.263 e. The van der Waals surface area contributed by atoms with Crippen LogP contribution < -0.4 is 11.1 Å². The summed E-state index contributed by atoms with van der Waals surface area (Å²) in [6, 6.07) is 5.45. The highest BCUT2D eigenvalue weighted by Gasteiger charge is 2.15. The minimum Gasteiger partial charge on any atom is -0.397 e. The van der Waals surface area contributed by atoms with Gasteiger partial charge >= 0.3 is 0 Å². The van der Waals surface area contributed by atoms with Crippen molar-refractivity contribution in [1.82, 2.24) is 5.32 Å². The first-order valence-electron chi connectivity index (χ1n) is 4.89. The highest BCUT2D eigenvalue weighted by Crippen LogP contribution is 2.35. The number of nitrogen functional groups attached to an aromatic ring is 1. The molecule has 0 spiro atoms. The molecule has 1 amide bonds. The van der Waals surface area contributed by atoms with E-state index in [1.165, 1.54) is 11.3 Å². The Kier molecular flexibility index (Phi) is 3.03. The van der Waals surface area contributed by atoms with Crippen LogP contribution >= 0.6 is 22.9 Å². The number of benzene rings is 1. The molecule has 0 aliphatic rings. The van der Waals surface area contributed by atoms with E-state index < -0.39 is 0 Å². The first-order valence-corrected chi connectivity index (χ1v) is 6.08. The summed E-state index contributed by atoms with van der Waals surface area (Å²) in [6.07, 6.45) is 0. The molecule has 16 heavy (non-hydrogen) atoms. The molecule has 0 saturated heterocycles. The van der Waals surface area contributed by atoms with Gasteiger partial charge in [0.15, 0.2) is 0 Å². The number of nitrogens with two attached hydrogens (primary N) is 1. The maximum atomic E-state index is 11.7. The van der Waals surface area contributed by atoms with Gasteiger partial charge in [-0.2, -0.15) is 0 Å². The van der Waals surface area contributed by atoms with Crippen molar-refractivity contribution in [2.24, 2.45) is 0 Å². The van der Waals surface area contributed by atoms with Crippen LogP contribution in [0.15, 0.2) is 18.2 Å². The van der Waals surface area contributed by atoms with E-state index in [9.17, 15) is 4.79 Å². The van der Waals surface area contributed by atoms with Gasteiger partial charge in [-0.05, 0) is 25.1 Å². The molecular weight excluding hydrogens is 244 g/mol. The fraction of sp³-hybridized carbons (Fsp3) is 0.182. The Morgan fingerprint density at radius 3 is 3.00 bits per heavy atom. The molecule has 2 aromatic rings. The van der Waals surface area contributed by atoms with E-state index in [2.05, 4.69) is 5.32 Å². The molecule has 0 fully saturated rings. The Morgan fingerprint density at radius 1 is 1.56 bits per heavy atom. The van der Waals surface area contributed by atoms with Crippen LogP contribution in [0.2, 0.25) is 5.02 Å². The second kappa shape index (κ2) is 4.31. The summed E-state index contributed by atoms with van der Waals surface area (Å²) in [5.41, 5.74) is 6.44. The first-order chi connectivity index (χ1) is 7.63. The number of hydrogen-bond acceptors (Lipinski definition) is 3. The zero-order valence-corrected chi connectivity index (χ0v) is 10.3. The van der Waals surface area contributed by atoms with Gasteiger partial charge in [-0.1, -0.05) is 11.6 Å². The van der Waals surface area contributed by atoms with Crippen molar-refractivity contribution in [1.29, 1.82) is 0 Å². The summed E-state index contributed by atoms with van der Waals surface area (Å²) in [6.45, 7) is 2.46. The van der Waals surface area contributed by atoms with Gasteiger partial charge in [0.25, 0.3) is 5.91 Å². The van der Waals surface area contributed by atoms with Crippen LogP contribution in [0, 0.1) is 0 Å². The Labute approximate surface area is 102 Å². The molecule has 5 heteroatoms. The smallest absolute Gasteiger partial charge is 0.263 e. The minimum atomic E-state index is -0.127. The lowest BCUT2D eigenvalue weighted by atomic mass is 10.2. The fourth-order valence-corrected chi connectivity index (χ4v) is 2.69. The number of nitrogens with one attached hydrogen (secondary N) is 1. The van der Waals surface area contributed by atoms with Crippen LogP contribution in [0.1, 0.15) is 16.6 Å². The van der Waals surface area contributed by atoms with E-state index in [1.807, 2.05) is 13.0 Å². The van der Waals surface area contributed by atoms with Crippen molar-refractivity contribution in [3.05, 3.63) is 28.1 Å². The van der Waals surface area contributed by atoms with Crippen LogP contribution in [0.3, 0.4) is 0 Å². The highest BCUT2D eigenvalue weighted by atomic mass is 35.5. The average Bonchev–Trinajstić information content (AvgIpc) is 2.57. The fourth-order valence-electron chi connectivity index (χ4n) is 1.50. The summed E-state index contributed by atoms with van der Waals surface area (Å²) in [7, 11) is 0. The van der Waals surface area contributed by atoms with Crippen molar-refractivity contribution in [3.8, 4) is 0 Å². The normalized spacial score (nSPS) is 10.6. The van der Waals surface area contributed by atoms with Gasteiger partial charge in [-0.15, -0.1) is 11.3 Å². The van der Waals surface area contributed by atoms with Crippen molar-refractivity contribution in [2.45, 2.75) is 6.92 Å². The number of amides is 1. The number of thiophene rings is 1. The van der Waals surface area contributed by atoms with Gasteiger partial charge in [-0.3, -0.25) is 4.79 Å². The molecule has 0 aliphatic heterocycles. The Hall–Kier alpha value is -1.26. The van der Waals surface area contributed by atoms with Crippen molar-refractivity contribution < 1.29 is 4.79 Å². The van der Waals surface area contributed by atoms with Gasteiger partial charge < -0.3 is 11.1 Å². The van der Waals surface area contributed by atoms with E-state index in [0.717, 1.165) is 10.1 Å². The quantitative estimate of drug-likeness (QED) is 0.866. The molecule has 0 bridgehead atoms. The lowest BCUT2D eigenvalue weighted by Crippen LogP contribution is -2.22. The third-order valence-electron chi connectivity index (χ3n) is 2.23. The second-order valence-corrected chi connectivity index (χ2v) is 4.83. The second-order valence-electron chi connectivity index (χ2n) is 3.34. The van der Waals surface area contributed by atoms with E-state index >= 15 is 0 Å². The zero-order chi connectivity index (χ0) is 11.7. The number of carbonyl (C=O) groups is 1. The molecule has 3 nitrogen and oxygen atoms in total. The van der Waals surface area contributed by atoms with Gasteiger partial charge in [0, 0.05) is 21.7 Å². The average molecular weight is 255 g/mol. The molecule has 1 heterocycles. The largest absolute Gasteiger partial charge is 0.397 e. The molecule has 2 rings (SSSR count).